The average molecular weight is 311 g/mol. The monoisotopic (exact) mass is 310 g/mol. The number of thiazole rings is 1. The van der Waals surface area contributed by atoms with E-state index < -0.39 is 0 Å². The van der Waals surface area contributed by atoms with Crippen molar-refractivity contribution in [3.8, 4) is 22.1 Å². The van der Waals surface area contributed by atoms with Gasteiger partial charge in [-0.25, -0.2) is 4.98 Å². The van der Waals surface area contributed by atoms with Gasteiger partial charge in [0, 0.05) is 22.7 Å². The van der Waals surface area contributed by atoms with Crippen molar-refractivity contribution >= 4 is 22.9 Å². The molecule has 1 aliphatic rings. The van der Waals surface area contributed by atoms with Crippen LogP contribution in [0.15, 0.2) is 18.3 Å². The van der Waals surface area contributed by atoms with Crippen LogP contribution < -0.4 is 14.8 Å². The van der Waals surface area contributed by atoms with Gasteiger partial charge in [-0.05, 0) is 25.6 Å². The molecule has 1 N–H and O–H groups in total. The zero-order chi connectivity index (χ0) is 14.1. The molecular weight excluding hydrogens is 296 g/mol. The van der Waals surface area contributed by atoms with Gasteiger partial charge in [0.15, 0.2) is 11.5 Å². The van der Waals surface area contributed by atoms with Gasteiger partial charge >= 0.3 is 0 Å². The zero-order valence-electron chi connectivity index (χ0n) is 11.3. The zero-order valence-corrected chi connectivity index (χ0v) is 12.8. The molecule has 6 heteroatoms. The summed E-state index contributed by atoms with van der Waals surface area (Å²) in [4.78, 5) is 5.68. The average Bonchev–Trinajstić information content (AvgIpc) is 3.08. The Bertz CT molecular complexity index is 630. The fourth-order valence-electron chi connectivity index (χ4n) is 2.12. The second-order valence-corrected chi connectivity index (χ2v) is 6.01. The van der Waals surface area contributed by atoms with Gasteiger partial charge in [0.1, 0.15) is 5.01 Å². The number of nitrogens with one attached hydrogen (secondary N) is 1. The van der Waals surface area contributed by atoms with E-state index >= 15 is 0 Å². The van der Waals surface area contributed by atoms with Crippen LogP contribution in [0.3, 0.4) is 0 Å². The minimum Gasteiger partial charge on any atom is -0.454 e. The number of aromatic nitrogens is 1. The van der Waals surface area contributed by atoms with Crippen molar-refractivity contribution < 1.29 is 9.47 Å². The van der Waals surface area contributed by atoms with Crippen LogP contribution in [0.25, 0.3) is 10.6 Å². The minimum absolute atomic E-state index is 0.221. The van der Waals surface area contributed by atoms with Gasteiger partial charge in [0.2, 0.25) is 6.79 Å². The standard InChI is InChI=1S/C14H15ClN2O2S/c1-3-16-8(2)12-6-17-14(20-12)9-4-10(15)13-11(5-9)18-7-19-13/h4-6,8,16H,3,7H2,1-2H3. The topological polar surface area (TPSA) is 43.4 Å². The van der Waals surface area contributed by atoms with E-state index in [9.17, 15) is 0 Å². The minimum atomic E-state index is 0.221. The van der Waals surface area contributed by atoms with E-state index in [-0.39, 0.29) is 6.79 Å². The molecule has 0 saturated carbocycles. The largest absolute Gasteiger partial charge is 0.454 e. The van der Waals surface area contributed by atoms with E-state index in [2.05, 4.69) is 24.1 Å². The highest BCUT2D eigenvalue weighted by Crippen LogP contribution is 2.43. The SMILES string of the molecule is CCNC(C)c1cnc(-c2cc(Cl)c3c(c2)OCO3)s1. The van der Waals surface area contributed by atoms with Gasteiger partial charge in [-0.1, -0.05) is 18.5 Å². The predicted molar refractivity (Wildman–Crippen MR) is 80.8 cm³/mol. The maximum Gasteiger partial charge on any atom is 0.231 e. The van der Waals surface area contributed by atoms with Gasteiger partial charge in [-0.2, -0.15) is 0 Å². The smallest absolute Gasteiger partial charge is 0.231 e. The Morgan fingerprint density at radius 1 is 1.45 bits per heavy atom. The van der Waals surface area contributed by atoms with Crippen LogP contribution in [0.2, 0.25) is 5.02 Å². The molecule has 1 aromatic heterocycles. The van der Waals surface area contributed by atoms with Crippen LogP contribution >= 0.6 is 22.9 Å². The molecule has 2 heterocycles. The maximum absolute atomic E-state index is 6.20. The Hall–Kier alpha value is -1.30. The molecule has 0 amide bonds. The van der Waals surface area contributed by atoms with Gasteiger partial charge in [-0.15, -0.1) is 11.3 Å². The van der Waals surface area contributed by atoms with Crippen molar-refractivity contribution in [2.45, 2.75) is 19.9 Å². The second-order valence-electron chi connectivity index (χ2n) is 4.54. The third kappa shape index (κ3) is 2.49. The van der Waals surface area contributed by atoms with Crippen LogP contribution in [0, 0.1) is 0 Å². The lowest BCUT2D eigenvalue weighted by molar-refractivity contribution is 0.174. The van der Waals surface area contributed by atoms with Crippen molar-refractivity contribution in [3.05, 3.63) is 28.2 Å². The lowest BCUT2D eigenvalue weighted by atomic mass is 10.2. The van der Waals surface area contributed by atoms with Crippen LogP contribution in [0.5, 0.6) is 11.5 Å². The van der Waals surface area contributed by atoms with E-state index in [4.69, 9.17) is 21.1 Å². The molecule has 1 atom stereocenters. The summed E-state index contributed by atoms with van der Waals surface area (Å²) in [5.41, 5.74) is 0.958. The molecule has 20 heavy (non-hydrogen) atoms. The van der Waals surface area contributed by atoms with Gasteiger partial charge < -0.3 is 14.8 Å². The highest BCUT2D eigenvalue weighted by atomic mass is 35.5. The highest BCUT2D eigenvalue weighted by Gasteiger charge is 2.20. The molecule has 3 rings (SSSR count). The van der Waals surface area contributed by atoms with E-state index in [1.165, 1.54) is 4.88 Å². The van der Waals surface area contributed by atoms with E-state index in [0.717, 1.165) is 17.1 Å². The summed E-state index contributed by atoms with van der Waals surface area (Å²) >= 11 is 7.86. The van der Waals surface area contributed by atoms with Crippen molar-refractivity contribution in [2.75, 3.05) is 13.3 Å². The normalized spacial score (nSPS) is 14.6. The summed E-state index contributed by atoms with van der Waals surface area (Å²) in [5.74, 6) is 1.30. The number of nitrogens with zero attached hydrogens (tertiary/aromatic N) is 1. The Morgan fingerprint density at radius 2 is 2.30 bits per heavy atom. The van der Waals surface area contributed by atoms with Crippen molar-refractivity contribution in [1.29, 1.82) is 0 Å². The first-order valence-corrected chi connectivity index (χ1v) is 7.67. The number of fused-ring (bicyclic) bond motifs is 1. The van der Waals surface area contributed by atoms with Crippen molar-refractivity contribution in [1.82, 2.24) is 10.3 Å². The molecule has 0 fully saturated rings. The molecule has 1 aliphatic heterocycles. The summed E-state index contributed by atoms with van der Waals surface area (Å²) in [5, 5.41) is 4.88. The van der Waals surface area contributed by atoms with E-state index in [1.807, 2.05) is 18.3 Å². The molecule has 1 aromatic carbocycles. The summed E-state index contributed by atoms with van der Waals surface area (Å²) in [6.07, 6.45) is 1.91. The molecule has 1 unspecified atom stereocenters. The number of hydrogen-bond donors (Lipinski definition) is 1. The highest BCUT2D eigenvalue weighted by molar-refractivity contribution is 7.15. The van der Waals surface area contributed by atoms with Crippen LogP contribution in [0.1, 0.15) is 24.8 Å². The first kappa shape index (κ1) is 13.7. The van der Waals surface area contributed by atoms with Crippen LogP contribution in [0.4, 0.5) is 0 Å². The molecule has 0 saturated heterocycles. The molecule has 106 valence electrons. The number of halogens is 1. The molecule has 0 bridgehead atoms. The van der Waals surface area contributed by atoms with Crippen LogP contribution in [-0.2, 0) is 0 Å². The summed E-state index contributed by atoms with van der Waals surface area (Å²) < 4.78 is 10.7. The molecule has 4 nitrogen and oxygen atoms in total. The fourth-order valence-corrected chi connectivity index (χ4v) is 3.31. The van der Waals surface area contributed by atoms with Gasteiger partial charge in [0.25, 0.3) is 0 Å². The van der Waals surface area contributed by atoms with Gasteiger partial charge in [0.05, 0.1) is 5.02 Å². The second kappa shape index (κ2) is 5.60. The van der Waals surface area contributed by atoms with Crippen molar-refractivity contribution in [2.24, 2.45) is 0 Å². The predicted octanol–water partition coefficient (Wildman–Crippen LogP) is 3.86. The summed E-state index contributed by atoms with van der Waals surface area (Å²) in [6.45, 7) is 5.38. The first-order valence-electron chi connectivity index (χ1n) is 6.47. The maximum atomic E-state index is 6.20. The van der Waals surface area contributed by atoms with Crippen LogP contribution in [-0.4, -0.2) is 18.3 Å². The fraction of sp³-hybridized carbons (Fsp3) is 0.357. The van der Waals surface area contributed by atoms with E-state index in [1.54, 1.807) is 11.3 Å². The Labute approximate surface area is 126 Å². The Kier molecular flexibility index (Phi) is 3.83. The quantitative estimate of drug-likeness (QED) is 0.931. The molecule has 0 radical (unpaired) electrons. The summed E-state index contributed by atoms with van der Waals surface area (Å²) in [7, 11) is 0. The lowest BCUT2D eigenvalue weighted by Gasteiger charge is -2.08. The van der Waals surface area contributed by atoms with Gasteiger partial charge in [-0.3, -0.25) is 0 Å². The molecule has 0 aliphatic carbocycles. The number of benzene rings is 1. The lowest BCUT2D eigenvalue weighted by Crippen LogP contribution is -2.16. The van der Waals surface area contributed by atoms with Crippen molar-refractivity contribution in [3.63, 3.8) is 0 Å². The Balaban J connectivity index is 1.92. The summed E-state index contributed by atoms with van der Waals surface area (Å²) in [6, 6.07) is 4.10. The molecule has 2 aromatic rings. The Morgan fingerprint density at radius 3 is 3.10 bits per heavy atom. The third-order valence-electron chi connectivity index (χ3n) is 3.13. The number of rotatable bonds is 4. The number of ether oxygens (including phenoxy) is 2. The van der Waals surface area contributed by atoms with E-state index in [0.29, 0.717) is 22.6 Å². The third-order valence-corrected chi connectivity index (χ3v) is 4.64. The number of hydrogen-bond acceptors (Lipinski definition) is 5. The first-order chi connectivity index (χ1) is 9.69. The molecule has 0 spiro atoms. The molecular formula is C14H15ClN2O2S.